The number of nitrogens with zero attached hydrogens (tertiary/aromatic N) is 1. The van der Waals surface area contributed by atoms with Gasteiger partial charge in [0.1, 0.15) is 6.10 Å². The van der Waals surface area contributed by atoms with Crippen molar-refractivity contribution in [2.75, 3.05) is 0 Å². The number of fused-ring (bicyclic) bond motifs is 1. The summed E-state index contributed by atoms with van der Waals surface area (Å²) in [5.41, 5.74) is 0.706. The number of esters is 1. The molecule has 0 aromatic heterocycles. The first-order valence-corrected chi connectivity index (χ1v) is 25.5. The summed E-state index contributed by atoms with van der Waals surface area (Å²) in [5, 5.41) is 0.460. The standard InChI is InChI=1S/C41H71NO8Si2/c1-16-41(10,11)38(46)47-33-24-27(2)23-29-18-17-28(3)32(37(29)33)20-19-30(49-51(12,13)39(4,5)6)25-31(50-52(14,15)40(7,8)9)26-36(45)48-42-34(43)21-22-35(42)44/h17-18,23,27-28,30-33,37H,16,19-22,24-26H2,1-15H3/t27-,28+,30?,31?,32-,33-,37-/m0/s1. The van der Waals surface area contributed by atoms with E-state index in [1.165, 1.54) is 5.57 Å². The van der Waals surface area contributed by atoms with E-state index in [2.05, 4.69) is 99.8 Å². The molecule has 0 spiro atoms. The molecular weight excluding hydrogens is 691 g/mol. The monoisotopic (exact) mass is 761 g/mol. The molecule has 0 radical (unpaired) electrons. The third-order valence-corrected chi connectivity index (χ3v) is 21.8. The summed E-state index contributed by atoms with van der Waals surface area (Å²) in [6.45, 7) is 32.4. The number of hydroxylamine groups is 2. The first-order valence-electron chi connectivity index (χ1n) is 19.7. The number of rotatable bonds is 15. The van der Waals surface area contributed by atoms with Crippen molar-refractivity contribution in [1.29, 1.82) is 0 Å². The number of carbonyl (C=O) groups excluding carboxylic acids is 4. The topological polar surface area (TPSA) is 108 Å². The molecule has 0 bridgehead atoms. The lowest BCUT2D eigenvalue weighted by Crippen LogP contribution is -2.48. The highest BCUT2D eigenvalue weighted by molar-refractivity contribution is 6.74. The molecule has 0 N–H and O–H groups in total. The van der Waals surface area contributed by atoms with Gasteiger partial charge in [0.2, 0.25) is 0 Å². The molecule has 3 rings (SSSR count). The summed E-state index contributed by atoms with van der Waals surface area (Å²) >= 11 is 0. The van der Waals surface area contributed by atoms with Gasteiger partial charge in [-0.1, -0.05) is 80.5 Å². The first-order chi connectivity index (χ1) is 23.7. The van der Waals surface area contributed by atoms with Crippen molar-refractivity contribution in [1.82, 2.24) is 5.06 Å². The Morgan fingerprint density at radius 2 is 1.42 bits per heavy atom. The second kappa shape index (κ2) is 16.7. The Balaban J connectivity index is 1.95. The molecule has 52 heavy (non-hydrogen) atoms. The molecule has 296 valence electrons. The Hall–Kier alpha value is -2.09. The van der Waals surface area contributed by atoms with Crippen LogP contribution >= 0.6 is 0 Å². The maximum absolute atomic E-state index is 13.4. The van der Waals surface area contributed by atoms with Crippen LogP contribution in [-0.4, -0.2) is 63.8 Å². The van der Waals surface area contributed by atoms with Gasteiger partial charge in [-0.15, -0.1) is 5.06 Å². The third-order valence-electron chi connectivity index (χ3n) is 12.8. The van der Waals surface area contributed by atoms with E-state index in [1.807, 2.05) is 20.8 Å². The predicted molar refractivity (Wildman–Crippen MR) is 211 cm³/mol. The van der Waals surface area contributed by atoms with Crippen LogP contribution in [0.2, 0.25) is 36.3 Å². The van der Waals surface area contributed by atoms with Crippen LogP contribution in [0.5, 0.6) is 0 Å². The minimum Gasteiger partial charge on any atom is -0.461 e. The normalized spacial score (nSPS) is 25.8. The largest absolute Gasteiger partial charge is 0.461 e. The zero-order valence-electron chi connectivity index (χ0n) is 35.1. The highest BCUT2D eigenvalue weighted by Crippen LogP contribution is 2.47. The van der Waals surface area contributed by atoms with Gasteiger partial charge in [-0.3, -0.25) is 14.4 Å². The minimum atomic E-state index is -2.37. The van der Waals surface area contributed by atoms with Crippen LogP contribution in [0.3, 0.4) is 0 Å². The molecule has 2 aliphatic carbocycles. The Morgan fingerprint density at radius 1 is 0.885 bits per heavy atom. The Kier molecular flexibility index (Phi) is 14.3. The van der Waals surface area contributed by atoms with Gasteiger partial charge in [0.15, 0.2) is 16.6 Å². The molecule has 2 amide bonds. The Bertz CT molecular complexity index is 1360. The van der Waals surface area contributed by atoms with Gasteiger partial charge in [-0.2, -0.15) is 0 Å². The molecular formula is C41H71NO8Si2. The molecule has 0 aromatic rings. The van der Waals surface area contributed by atoms with Crippen LogP contribution in [-0.2, 0) is 37.6 Å². The molecule has 1 saturated heterocycles. The second-order valence-electron chi connectivity index (χ2n) is 19.5. The summed E-state index contributed by atoms with van der Waals surface area (Å²) in [4.78, 5) is 56.7. The van der Waals surface area contributed by atoms with Gasteiger partial charge in [0.05, 0.1) is 17.9 Å². The first kappa shape index (κ1) is 44.3. The Morgan fingerprint density at radius 3 is 1.94 bits per heavy atom. The van der Waals surface area contributed by atoms with Crippen LogP contribution in [0.15, 0.2) is 23.8 Å². The fourth-order valence-electron chi connectivity index (χ4n) is 6.90. The van der Waals surface area contributed by atoms with Crippen LogP contribution in [0.1, 0.15) is 128 Å². The lowest BCUT2D eigenvalue weighted by Gasteiger charge is -2.45. The van der Waals surface area contributed by atoms with Crippen molar-refractivity contribution in [3.8, 4) is 0 Å². The fraction of sp³-hybridized carbons (Fsp3) is 0.805. The molecule has 3 aliphatic rings. The second-order valence-corrected chi connectivity index (χ2v) is 29.0. The smallest absolute Gasteiger partial charge is 0.335 e. The Labute approximate surface area is 317 Å². The third kappa shape index (κ3) is 11.0. The number of allylic oxidation sites excluding steroid dienone is 3. The average molecular weight is 762 g/mol. The van der Waals surface area contributed by atoms with E-state index in [0.717, 1.165) is 19.3 Å². The fourth-order valence-corrected chi connectivity index (χ4v) is 9.67. The zero-order valence-corrected chi connectivity index (χ0v) is 37.1. The van der Waals surface area contributed by atoms with Crippen LogP contribution < -0.4 is 0 Å². The summed E-state index contributed by atoms with van der Waals surface area (Å²) in [6.07, 6.45) is 9.49. The minimum absolute atomic E-state index is 0.0421. The highest BCUT2D eigenvalue weighted by Gasteiger charge is 2.46. The molecule has 1 aliphatic heterocycles. The number of carbonyl (C=O) groups is 4. The van der Waals surface area contributed by atoms with E-state index in [-0.39, 0.29) is 65.3 Å². The van der Waals surface area contributed by atoms with Gasteiger partial charge < -0.3 is 18.4 Å². The lowest BCUT2D eigenvalue weighted by molar-refractivity contribution is -0.198. The molecule has 1 heterocycles. The van der Waals surface area contributed by atoms with Crippen molar-refractivity contribution >= 4 is 40.4 Å². The summed E-state index contributed by atoms with van der Waals surface area (Å²) < 4.78 is 20.5. The number of hydrogen-bond acceptors (Lipinski definition) is 8. The molecule has 2 unspecified atom stereocenters. The molecule has 9 nitrogen and oxygen atoms in total. The van der Waals surface area contributed by atoms with Gasteiger partial charge >= 0.3 is 11.9 Å². The van der Waals surface area contributed by atoms with Crippen molar-refractivity contribution in [3.63, 3.8) is 0 Å². The van der Waals surface area contributed by atoms with Gasteiger partial charge in [0.25, 0.3) is 11.8 Å². The predicted octanol–water partition coefficient (Wildman–Crippen LogP) is 9.69. The van der Waals surface area contributed by atoms with Crippen LogP contribution in [0, 0.1) is 29.1 Å². The highest BCUT2D eigenvalue weighted by atomic mass is 28.4. The van der Waals surface area contributed by atoms with Crippen molar-refractivity contribution < 1.29 is 37.6 Å². The molecule has 0 saturated carbocycles. The van der Waals surface area contributed by atoms with Crippen LogP contribution in [0.25, 0.3) is 0 Å². The van der Waals surface area contributed by atoms with Gasteiger partial charge in [-0.05, 0) is 106 Å². The maximum Gasteiger partial charge on any atom is 0.335 e. The summed E-state index contributed by atoms with van der Waals surface area (Å²) in [7, 11) is -4.65. The number of imide groups is 1. The van der Waals surface area contributed by atoms with Gasteiger partial charge in [0, 0.05) is 24.9 Å². The summed E-state index contributed by atoms with van der Waals surface area (Å²) in [5.74, 6) is -0.889. The van der Waals surface area contributed by atoms with Crippen molar-refractivity contribution in [3.05, 3.63) is 23.8 Å². The van der Waals surface area contributed by atoms with E-state index in [9.17, 15) is 19.2 Å². The molecule has 7 atom stereocenters. The van der Waals surface area contributed by atoms with E-state index in [0.29, 0.717) is 23.8 Å². The van der Waals surface area contributed by atoms with Crippen LogP contribution in [0.4, 0.5) is 0 Å². The average Bonchev–Trinajstić information content (AvgIpc) is 3.30. The number of hydrogen-bond donors (Lipinski definition) is 0. The van der Waals surface area contributed by atoms with Crippen molar-refractivity contribution in [2.45, 2.75) is 182 Å². The van der Waals surface area contributed by atoms with Gasteiger partial charge in [-0.25, -0.2) is 4.79 Å². The molecule has 11 heteroatoms. The van der Waals surface area contributed by atoms with E-state index >= 15 is 0 Å². The number of ether oxygens (including phenoxy) is 1. The molecule has 0 aromatic carbocycles. The van der Waals surface area contributed by atoms with Crippen molar-refractivity contribution in [2.24, 2.45) is 29.1 Å². The van der Waals surface area contributed by atoms with E-state index < -0.39 is 45.9 Å². The SMILES string of the molecule is CCC(C)(C)C(=O)O[C@H]1C[C@@H](C)C=C2C=C[C@@H](C)[C@H](CCC(CC(CC(=O)ON3C(=O)CCC3=O)O[Si](C)(C)C(C)(C)C)O[Si](C)(C)C(C)(C)C)[C@H]21. The number of amides is 2. The van der Waals surface area contributed by atoms with E-state index in [4.69, 9.17) is 18.4 Å². The maximum atomic E-state index is 13.4. The molecule has 1 fully saturated rings. The van der Waals surface area contributed by atoms with E-state index in [1.54, 1.807) is 0 Å². The quantitative estimate of drug-likeness (QED) is 0.0923. The zero-order chi connectivity index (χ0) is 39.6. The summed E-state index contributed by atoms with van der Waals surface area (Å²) in [6, 6.07) is 0. The lowest BCUT2D eigenvalue weighted by atomic mass is 9.65.